The Balaban J connectivity index is 1.74. The summed E-state index contributed by atoms with van der Waals surface area (Å²) in [4.78, 5) is 20.7. The number of hydrogen-bond donors (Lipinski definition) is 1. The van der Waals surface area contributed by atoms with Gasteiger partial charge in [0.05, 0.1) is 10.6 Å². The molecule has 1 N–H and O–H groups in total. The number of halogens is 1. The van der Waals surface area contributed by atoms with E-state index >= 15 is 0 Å². The van der Waals surface area contributed by atoms with Gasteiger partial charge in [-0.2, -0.15) is 0 Å². The fourth-order valence-electron chi connectivity index (χ4n) is 3.93. The maximum absolute atomic E-state index is 13.4. The van der Waals surface area contributed by atoms with Crippen LogP contribution in [0.5, 0.6) is 5.75 Å². The Morgan fingerprint density at radius 1 is 1.17 bits per heavy atom. The van der Waals surface area contributed by atoms with Crippen molar-refractivity contribution >= 4 is 50.5 Å². The average Bonchev–Trinajstić information content (AvgIpc) is 3.01. The van der Waals surface area contributed by atoms with Crippen LogP contribution in [0.4, 0.5) is 5.69 Å². The van der Waals surface area contributed by atoms with Crippen LogP contribution in [0, 0.1) is 5.92 Å². The van der Waals surface area contributed by atoms with E-state index in [-0.39, 0.29) is 17.7 Å². The van der Waals surface area contributed by atoms with Gasteiger partial charge in [-0.15, -0.1) is 0 Å². The number of benzene rings is 2. The lowest BCUT2D eigenvalue weighted by Gasteiger charge is -2.35. The maximum Gasteiger partial charge on any atom is 0.267 e. The number of phenols is 1. The van der Waals surface area contributed by atoms with Crippen LogP contribution in [0.1, 0.15) is 38.2 Å². The van der Waals surface area contributed by atoms with Gasteiger partial charge in [-0.3, -0.25) is 9.69 Å². The lowest BCUT2D eigenvalue weighted by molar-refractivity contribution is -0.124. The number of hydrogen-bond acceptors (Lipinski definition) is 4. The first-order valence-electron chi connectivity index (χ1n) is 9.88. The molecule has 2 aromatic carbocycles. The van der Waals surface area contributed by atoms with Crippen LogP contribution < -0.4 is 0 Å². The summed E-state index contributed by atoms with van der Waals surface area (Å²) in [7, 11) is 0. The second-order valence-corrected chi connectivity index (χ2v) is 9.47. The maximum atomic E-state index is 13.4. The molecule has 1 saturated heterocycles. The number of aliphatic imine (C=N–C) groups is 1. The van der Waals surface area contributed by atoms with Gasteiger partial charge in [0.1, 0.15) is 5.75 Å². The Labute approximate surface area is 183 Å². The van der Waals surface area contributed by atoms with Gasteiger partial charge in [-0.25, -0.2) is 4.99 Å². The molecule has 1 heterocycles. The molecule has 0 spiro atoms. The first-order valence-corrected chi connectivity index (χ1v) is 11.5. The van der Waals surface area contributed by atoms with Crippen LogP contribution in [0.3, 0.4) is 0 Å². The van der Waals surface area contributed by atoms with Crippen LogP contribution in [0.15, 0.2) is 62.9 Å². The zero-order valence-corrected chi connectivity index (χ0v) is 18.6. The Kier molecular flexibility index (Phi) is 6.11. The second-order valence-electron chi connectivity index (χ2n) is 7.55. The molecule has 2 atom stereocenters. The Morgan fingerprint density at radius 3 is 2.69 bits per heavy atom. The highest BCUT2D eigenvalue weighted by Gasteiger charge is 2.41. The molecular formula is C23H23BrN2O2S. The highest BCUT2D eigenvalue weighted by atomic mass is 79.9. The lowest BCUT2D eigenvalue weighted by atomic mass is 9.85. The Morgan fingerprint density at radius 2 is 1.93 bits per heavy atom. The van der Waals surface area contributed by atoms with E-state index in [9.17, 15) is 9.90 Å². The standard InChI is InChI=1S/C23H23BrN2O2S/c1-15-7-5-6-10-19(15)26-22(28)21(14-16-13-17(24)11-12-20(16)27)29-23(26)25-18-8-3-2-4-9-18/h2-4,8-9,11-15,19,27H,5-7,10H2,1H3/b21-14-,25-23?/t15-,19+/m1/s1. The molecule has 4 rings (SSSR count). The third-order valence-electron chi connectivity index (χ3n) is 5.49. The first-order chi connectivity index (χ1) is 14.0. The molecule has 0 aromatic heterocycles. The summed E-state index contributed by atoms with van der Waals surface area (Å²) in [6.07, 6.45) is 6.24. The van der Waals surface area contributed by atoms with Crippen molar-refractivity contribution in [2.45, 2.75) is 38.6 Å². The smallest absolute Gasteiger partial charge is 0.267 e. The van der Waals surface area contributed by atoms with Crippen molar-refractivity contribution in [1.82, 2.24) is 4.90 Å². The summed E-state index contributed by atoms with van der Waals surface area (Å²) in [6.45, 7) is 2.23. The van der Waals surface area contributed by atoms with Crippen LogP contribution in [0.25, 0.3) is 6.08 Å². The Bertz CT molecular complexity index is 974. The molecule has 2 aromatic rings. The van der Waals surface area contributed by atoms with E-state index < -0.39 is 0 Å². The monoisotopic (exact) mass is 470 g/mol. The molecule has 2 aliphatic rings. The van der Waals surface area contributed by atoms with Crippen LogP contribution in [-0.2, 0) is 4.79 Å². The third kappa shape index (κ3) is 4.43. The van der Waals surface area contributed by atoms with Crippen molar-refractivity contribution in [3.05, 3.63) is 63.5 Å². The number of amides is 1. The highest BCUT2D eigenvalue weighted by Crippen LogP contribution is 2.40. The zero-order chi connectivity index (χ0) is 20.4. The van der Waals surface area contributed by atoms with Gasteiger partial charge in [-0.1, -0.05) is 53.9 Å². The number of carbonyl (C=O) groups excluding carboxylic acids is 1. The van der Waals surface area contributed by atoms with Gasteiger partial charge in [0.25, 0.3) is 5.91 Å². The zero-order valence-electron chi connectivity index (χ0n) is 16.2. The molecule has 2 fully saturated rings. The number of rotatable bonds is 3. The van der Waals surface area contributed by atoms with E-state index in [1.807, 2.05) is 41.3 Å². The van der Waals surface area contributed by atoms with Crippen LogP contribution in [-0.4, -0.2) is 27.1 Å². The van der Waals surface area contributed by atoms with Gasteiger partial charge in [0.15, 0.2) is 5.17 Å². The third-order valence-corrected chi connectivity index (χ3v) is 6.97. The predicted molar refractivity (Wildman–Crippen MR) is 123 cm³/mol. The molecule has 0 bridgehead atoms. The molecule has 29 heavy (non-hydrogen) atoms. The van der Waals surface area contributed by atoms with Crippen molar-refractivity contribution < 1.29 is 9.90 Å². The number of carbonyl (C=O) groups is 1. The minimum absolute atomic E-state index is 0.0252. The number of amidine groups is 1. The molecule has 4 nitrogen and oxygen atoms in total. The number of para-hydroxylation sites is 1. The fraction of sp³-hybridized carbons (Fsp3) is 0.304. The lowest BCUT2D eigenvalue weighted by Crippen LogP contribution is -2.44. The highest BCUT2D eigenvalue weighted by molar-refractivity contribution is 9.10. The summed E-state index contributed by atoms with van der Waals surface area (Å²) < 4.78 is 0.855. The van der Waals surface area contributed by atoms with Crippen molar-refractivity contribution in [2.24, 2.45) is 10.9 Å². The predicted octanol–water partition coefficient (Wildman–Crippen LogP) is 6.34. The van der Waals surface area contributed by atoms with E-state index in [1.165, 1.54) is 18.2 Å². The van der Waals surface area contributed by atoms with Crippen molar-refractivity contribution in [3.63, 3.8) is 0 Å². The van der Waals surface area contributed by atoms with Gasteiger partial charge < -0.3 is 5.11 Å². The molecular weight excluding hydrogens is 448 g/mol. The van der Waals surface area contributed by atoms with E-state index in [2.05, 4.69) is 22.9 Å². The molecule has 1 aliphatic carbocycles. The molecule has 1 aliphatic heterocycles. The molecule has 1 amide bonds. The minimum Gasteiger partial charge on any atom is -0.507 e. The topological polar surface area (TPSA) is 52.9 Å². The number of thioether (sulfide) groups is 1. The quantitative estimate of drug-likeness (QED) is 0.532. The van der Waals surface area contributed by atoms with Crippen molar-refractivity contribution in [3.8, 4) is 5.75 Å². The van der Waals surface area contributed by atoms with Gasteiger partial charge in [0, 0.05) is 16.1 Å². The van der Waals surface area contributed by atoms with Gasteiger partial charge >= 0.3 is 0 Å². The van der Waals surface area contributed by atoms with Crippen LogP contribution >= 0.6 is 27.7 Å². The normalized spacial score (nSPS) is 25.2. The SMILES string of the molecule is C[C@@H]1CCCC[C@@H]1N1C(=O)/C(=C/c2cc(Br)ccc2O)SC1=Nc1ccccc1. The molecule has 0 unspecified atom stereocenters. The largest absolute Gasteiger partial charge is 0.507 e. The van der Waals surface area contributed by atoms with E-state index in [0.717, 1.165) is 34.6 Å². The van der Waals surface area contributed by atoms with E-state index in [4.69, 9.17) is 4.99 Å². The first kappa shape index (κ1) is 20.2. The summed E-state index contributed by atoms with van der Waals surface area (Å²) in [5.74, 6) is 0.566. The molecule has 1 saturated carbocycles. The van der Waals surface area contributed by atoms with Crippen molar-refractivity contribution in [1.29, 1.82) is 0 Å². The van der Waals surface area contributed by atoms with E-state index in [0.29, 0.717) is 16.4 Å². The van der Waals surface area contributed by atoms with Gasteiger partial charge in [-0.05, 0) is 66.9 Å². The molecule has 150 valence electrons. The van der Waals surface area contributed by atoms with Gasteiger partial charge in [0.2, 0.25) is 0 Å². The summed E-state index contributed by atoms with van der Waals surface area (Å²) in [5, 5.41) is 10.9. The minimum atomic E-state index is -0.0252. The van der Waals surface area contributed by atoms with Crippen LogP contribution in [0.2, 0.25) is 0 Å². The number of aromatic hydroxyl groups is 1. The average molecular weight is 471 g/mol. The van der Waals surface area contributed by atoms with E-state index in [1.54, 1.807) is 18.2 Å². The summed E-state index contributed by atoms with van der Waals surface area (Å²) in [6, 6.07) is 15.1. The number of nitrogens with zero attached hydrogens (tertiary/aromatic N) is 2. The fourth-order valence-corrected chi connectivity index (χ4v) is 5.35. The summed E-state index contributed by atoms with van der Waals surface area (Å²) >= 11 is 4.82. The Hall–Kier alpha value is -2.05. The number of phenolic OH excluding ortho intramolecular Hbond substituents is 1. The molecule has 6 heteroatoms. The summed E-state index contributed by atoms with van der Waals surface area (Å²) in [5.41, 5.74) is 1.45. The van der Waals surface area contributed by atoms with Crippen molar-refractivity contribution in [2.75, 3.05) is 0 Å². The second kappa shape index (κ2) is 8.76. The molecule has 0 radical (unpaired) electrons.